The lowest BCUT2D eigenvalue weighted by atomic mass is 10.1. The molecule has 0 saturated carbocycles. The van der Waals surface area contributed by atoms with Crippen molar-refractivity contribution in [3.05, 3.63) is 66.4 Å². The van der Waals surface area contributed by atoms with E-state index in [0.717, 1.165) is 0 Å². The molecule has 2 aliphatic heterocycles. The van der Waals surface area contributed by atoms with E-state index in [2.05, 4.69) is 76.9 Å². The van der Waals surface area contributed by atoms with E-state index in [1.165, 1.54) is 22.6 Å². The van der Waals surface area contributed by atoms with Gasteiger partial charge in [-0.2, -0.15) is 0 Å². The Morgan fingerprint density at radius 3 is 2.33 bits per heavy atom. The second kappa shape index (κ2) is 5.88. The standard InChI is InChI=1S/C16H15N3.2ClH/c1-18-15(12-7-3-2-4-8-12)11-19-14-10-6-5-9-13(14)17-16(18)19;;/h2-11,16-17H,1H3;2*1H. The van der Waals surface area contributed by atoms with Crippen LogP contribution in [0, 0.1) is 0 Å². The first-order valence-electron chi connectivity index (χ1n) is 6.48. The Morgan fingerprint density at radius 1 is 0.905 bits per heavy atom. The van der Waals surface area contributed by atoms with Gasteiger partial charge in [-0.15, -0.1) is 24.8 Å². The molecule has 21 heavy (non-hydrogen) atoms. The SMILES string of the molecule is CN1C(c2ccccc2)=CN2c3ccccc3NC12.Cl.Cl. The number of para-hydroxylation sites is 2. The van der Waals surface area contributed by atoms with E-state index >= 15 is 0 Å². The molecule has 0 aliphatic carbocycles. The average molecular weight is 322 g/mol. The van der Waals surface area contributed by atoms with Crippen molar-refractivity contribution in [1.29, 1.82) is 0 Å². The van der Waals surface area contributed by atoms with Crippen LogP contribution < -0.4 is 10.2 Å². The van der Waals surface area contributed by atoms with Gasteiger partial charge in [0.25, 0.3) is 0 Å². The zero-order valence-electron chi connectivity index (χ0n) is 11.6. The first kappa shape index (κ1) is 15.5. The van der Waals surface area contributed by atoms with E-state index in [9.17, 15) is 0 Å². The average Bonchev–Trinajstić information content (AvgIpc) is 2.98. The monoisotopic (exact) mass is 321 g/mol. The summed E-state index contributed by atoms with van der Waals surface area (Å²) in [7, 11) is 2.13. The molecular weight excluding hydrogens is 305 g/mol. The molecule has 2 aromatic rings. The highest BCUT2D eigenvalue weighted by atomic mass is 35.5. The Labute approximate surface area is 137 Å². The Morgan fingerprint density at radius 2 is 1.57 bits per heavy atom. The predicted octanol–water partition coefficient (Wildman–Crippen LogP) is 3.99. The highest BCUT2D eigenvalue weighted by molar-refractivity contribution is 5.86. The van der Waals surface area contributed by atoms with Gasteiger partial charge in [-0.05, 0) is 17.7 Å². The van der Waals surface area contributed by atoms with Crippen molar-refractivity contribution in [2.75, 3.05) is 17.3 Å². The quantitative estimate of drug-likeness (QED) is 0.856. The third-order valence-electron chi connectivity index (χ3n) is 3.81. The molecule has 2 heterocycles. The third kappa shape index (κ3) is 2.33. The summed E-state index contributed by atoms with van der Waals surface area (Å²) in [5.74, 6) is 0. The molecule has 5 heteroatoms. The van der Waals surface area contributed by atoms with E-state index < -0.39 is 0 Å². The maximum absolute atomic E-state index is 3.55. The number of nitrogens with zero attached hydrogens (tertiary/aromatic N) is 2. The Kier molecular flexibility index (Phi) is 4.35. The lowest BCUT2D eigenvalue weighted by molar-refractivity contribution is 0.418. The highest BCUT2D eigenvalue weighted by Crippen LogP contribution is 2.41. The lowest BCUT2D eigenvalue weighted by Gasteiger charge is -2.25. The molecule has 3 nitrogen and oxygen atoms in total. The molecule has 0 spiro atoms. The molecule has 0 bridgehead atoms. The molecular formula is C16H17Cl2N3. The van der Waals surface area contributed by atoms with Gasteiger partial charge in [0.05, 0.1) is 17.1 Å². The zero-order chi connectivity index (χ0) is 12.8. The molecule has 1 atom stereocenters. The smallest absolute Gasteiger partial charge is 0.182 e. The van der Waals surface area contributed by atoms with Gasteiger partial charge in [0.2, 0.25) is 0 Å². The summed E-state index contributed by atoms with van der Waals surface area (Å²) in [6, 6.07) is 18.9. The fraction of sp³-hybridized carbons (Fsp3) is 0.125. The normalized spacial score (nSPS) is 18.0. The first-order chi connectivity index (χ1) is 9.34. The van der Waals surface area contributed by atoms with Crippen molar-refractivity contribution in [1.82, 2.24) is 4.90 Å². The van der Waals surface area contributed by atoms with Crippen LogP contribution in [0.15, 0.2) is 60.8 Å². The van der Waals surface area contributed by atoms with Crippen LogP contribution in [0.4, 0.5) is 11.4 Å². The highest BCUT2D eigenvalue weighted by Gasteiger charge is 2.36. The van der Waals surface area contributed by atoms with E-state index in [1.807, 2.05) is 6.07 Å². The van der Waals surface area contributed by atoms with Crippen LogP contribution in [-0.2, 0) is 0 Å². The largest absolute Gasteiger partial charge is 0.346 e. The van der Waals surface area contributed by atoms with Gasteiger partial charge < -0.3 is 15.1 Å². The van der Waals surface area contributed by atoms with Gasteiger partial charge in [0, 0.05) is 13.2 Å². The molecule has 2 aromatic carbocycles. The van der Waals surface area contributed by atoms with Crippen molar-refractivity contribution in [3.63, 3.8) is 0 Å². The molecule has 4 rings (SSSR count). The van der Waals surface area contributed by atoms with Gasteiger partial charge >= 0.3 is 0 Å². The van der Waals surface area contributed by atoms with Crippen molar-refractivity contribution in [2.24, 2.45) is 0 Å². The summed E-state index contributed by atoms with van der Waals surface area (Å²) in [4.78, 5) is 4.56. The van der Waals surface area contributed by atoms with Crippen LogP contribution in [0.1, 0.15) is 5.56 Å². The summed E-state index contributed by atoms with van der Waals surface area (Å²) >= 11 is 0. The number of rotatable bonds is 1. The van der Waals surface area contributed by atoms with Gasteiger partial charge in [0.15, 0.2) is 6.29 Å². The van der Waals surface area contributed by atoms with Crippen molar-refractivity contribution in [3.8, 4) is 0 Å². The Balaban J connectivity index is 0.000000807. The topological polar surface area (TPSA) is 18.5 Å². The molecule has 0 amide bonds. The van der Waals surface area contributed by atoms with Gasteiger partial charge in [-0.1, -0.05) is 42.5 Å². The van der Waals surface area contributed by atoms with E-state index in [1.54, 1.807) is 0 Å². The van der Waals surface area contributed by atoms with Crippen LogP contribution in [0.25, 0.3) is 5.70 Å². The molecule has 0 aromatic heterocycles. The molecule has 0 saturated heterocycles. The number of anilines is 2. The molecule has 1 N–H and O–H groups in total. The lowest BCUT2D eigenvalue weighted by Crippen LogP contribution is -2.39. The number of hydrogen-bond donors (Lipinski definition) is 1. The Hall–Kier alpha value is -1.84. The molecule has 2 aliphatic rings. The van der Waals surface area contributed by atoms with Crippen molar-refractivity contribution in [2.45, 2.75) is 6.29 Å². The summed E-state index contributed by atoms with van der Waals surface area (Å²) in [5.41, 5.74) is 4.93. The first-order valence-corrected chi connectivity index (χ1v) is 6.48. The number of benzene rings is 2. The predicted molar refractivity (Wildman–Crippen MR) is 93.0 cm³/mol. The number of halogens is 2. The van der Waals surface area contributed by atoms with Gasteiger partial charge in [0.1, 0.15) is 0 Å². The zero-order valence-corrected chi connectivity index (χ0v) is 13.2. The minimum absolute atomic E-state index is 0. The van der Waals surface area contributed by atoms with E-state index in [0.29, 0.717) is 0 Å². The summed E-state index contributed by atoms with van der Waals surface area (Å²) < 4.78 is 0. The maximum atomic E-state index is 3.55. The van der Waals surface area contributed by atoms with Gasteiger partial charge in [-0.3, -0.25) is 0 Å². The van der Waals surface area contributed by atoms with Crippen molar-refractivity contribution < 1.29 is 0 Å². The number of nitrogens with one attached hydrogen (secondary N) is 1. The van der Waals surface area contributed by atoms with Crippen LogP contribution in [0.3, 0.4) is 0 Å². The van der Waals surface area contributed by atoms with Gasteiger partial charge in [-0.25, -0.2) is 0 Å². The van der Waals surface area contributed by atoms with E-state index in [4.69, 9.17) is 0 Å². The third-order valence-corrected chi connectivity index (χ3v) is 3.81. The molecule has 0 radical (unpaired) electrons. The summed E-state index contributed by atoms with van der Waals surface area (Å²) in [6.45, 7) is 0. The number of hydrogen-bond acceptors (Lipinski definition) is 3. The second-order valence-corrected chi connectivity index (χ2v) is 4.93. The summed E-state index contributed by atoms with van der Waals surface area (Å²) in [5, 5.41) is 3.55. The van der Waals surface area contributed by atoms with Crippen LogP contribution in [0.2, 0.25) is 0 Å². The maximum Gasteiger partial charge on any atom is 0.182 e. The molecule has 110 valence electrons. The minimum atomic E-state index is 0. The molecule has 1 unspecified atom stereocenters. The van der Waals surface area contributed by atoms with Crippen molar-refractivity contribution >= 4 is 41.9 Å². The van der Waals surface area contributed by atoms with E-state index in [-0.39, 0.29) is 31.1 Å². The van der Waals surface area contributed by atoms with Crippen LogP contribution in [0.5, 0.6) is 0 Å². The fourth-order valence-corrected chi connectivity index (χ4v) is 2.83. The fourth-order valence-electron chi connectivity index (χ4n) is 2.83. The second-order valence-electron chi connectivity index (χ2n) is 4.93. The summed E-state index contributed by atoms with van der Waals surface area (Å²) in [6.07, 6.45) is 2.41. The van der Waals surface area contributed by atoms with Crippen LogP contribution >= 0.6 is 24.8 Å². The molecule has 0 fully saturated rings. The number of fused-ring (bicyclic) bond motifs is 3. The minimum Gasteiger partial charge on any atom is -0.346 e. The Bertz CT molecular complexity index is 658. The van der Waals surface area contributed by atoms with Crippen LogP contribution in [-0.4, -0.2) is 18.2 Å².